The van der Waals surface area contributed by atoms with Gasteiger partial charge in [0, 0.05) is 19.1 Å². The van der Waals surface area contributed by atoms with Crippen LogP contribution in [0.4, 0.5) is 4.39 Å². The minimum atomic E-state index is -0.200. The SMILES string of the molecule is NC1CCCN(CCc2ccc(F)c(Br)c2)C1. The van der Waals surface area contributed by atoms with Crippen molar-refractivity contribution in [3.8, 4) is 0 Å². The molecule has 0 radical (unpaired) electrons. The lowest BCUT2D eigenvalue weighted by atomic mass is 10.1. The molecule has 1 aromatic carbocycles. The predicted molar refractivity (Wildman–Crippen MR) is 71.5 cm³/mol. The van der Waals surface area contributed by atoms with E-state index in [2.05, 4.69) is 20.8 Å². The van der Waals surface area contributed by atoms with Crippen molar-refractivity contribution in [2.24, 2.45) is 5.73 Å². The first-order valence-corrected chi connectivity index (χ1v) is 6.86. The van der Waals surface area contributed by atoms with Gasteiger partial charge in [-0.1, -0.05) is 6.07 Å². The average Bonchev–Trinajstić information content (AvgIpc) is 2.31. The summed E-state index contributed by atoms with van der Waals surface area (Å²) in [5.74, 6) is -0.200. The minimum Gasteiger partial charge on any atom is -0.327 e. The molecule has 1 aliphatic heterocycles. The molecule has 17 heavy (non-hydrogen) atoms. The van der Waals surface area contributed by atoms with E-state index in [1.54, 1.807) is 0 Å². The van der Waals surface area contributed by atoms with E-state index in [0.29, 0.717) is 10.5 Å². The number of benzene rings is 1. The lowest BCUT2D eigenvalue weighted by molar-refractivity contribution is 0.211. The number of rotatable bonds is 3. The molecule has 1 aromatic rings. The van der Waals surface area contributed by atoms with E-state index in [1.807, 2.05) is 12.1 Å². The zero-order valence-electron chi connectivity index (χ0n) is 9.83. The van der Waals surface area contributed by atoms with Gasteiger partial charge in [0.05, 0.1) is 4.47 Å². The summed E-state index contributed by atoms with van der Waals surface area (Å²) < 4.78 is 13.6. The Morgan fingerprint density at radius 2 is 2.29 bits per heavy atom. The Hall–Kier alpha value is -0.450. The standard InChI is InChI=1S/C13H18BrFN2/c14-12-8-10(3-4-13(12)15)5-7-17-6-1-2-11(16)9-17/h3-4,8,11H,1-2,5-7,9,16H2. The molecular formula is C13H18BrFN2. The van der Waals surface area contributed by atoms with Crippen LogP contribution in [0.25, 0.3) is 0 Å². The topological polar surface area (TPSA) is 29.3 Å². The Balaban J connectivity index is 1.86. The lowest BCUT2D eigenvalue weighted by Crippen LogP contribution is -2.43. The van der Waals surface area contributed by atoms with Gasteiger partial charge < -0.3 is 10.6 Å². The van der Waals surface area contributed by atoms with Crippen LogP contribution >= 0.6 is 15.9 Å². The highest BCUT2D eigenvalue weighted by Gasteiger charge is 2.16. The molecule has 1 fully saturated rings. The lowest BCUT2D eigenvalue weighted by Gasteiger charge is -2.30. The van der Waals surface area contributed by atoms with Crippen molar-refractivity contribution in [2.75, 3.05) is 19.6 Å². The number of hydrogen-bond donors (Lipinski definition) is 1. The van der Waals surface area contributed by atoms with Crippen LogP contribution in [0, 0.1) is 5.82 Å². The highest BCUT2D eigenvalue weighted by molar-refractivity contribution is 9.10. The number of piperidine rings is 1. The summed E-state index contributed by atoms with van der Waals surface area (Å²) in [6.07, 6.45) is 3.28. The van der Waals surface area contributed by atoms with Crippen LogP contribution in [-0.4, -0.2) is 30.6 Å². The molecule has 1 aliphatic rings. The molecule has 2 nitrogen and oxygen atoms in total. The fourth-order valence-electron chi connectivity index (χ4n) is 2.28. The van der Waals surface area contributed by atoms with Crippen LogP contribution in [-0.2, 0) is 6.42 Å². The van der Waals surface area contributed by atoms with Crippen LogP contribution in [0.2, 0.25) is 0 Å². The molecule has 1 unspecified atom stereocenters. The van der Waals surface area contributed by atoms with Gasteiger partial charge in [-0.05, 0) is 59.4 Å². The Labute approximate surface area is 110 Å². The van der Waals surface area contributed by atoms with Gasteiger partial charge in [-0.2, -0.15) is 0 Å². The van der Waals surface area contributed by atoms with E-state index in [4.69, 9.17) is 5.73 Å². The maximum Gasteiger partial charge on any atom is 0.137 e. The van der Waals surface area contributed by atoms with Gasteiger partial charge in [0.25, 0.3) is 0 Å². The molecule has 2 N–H and O–H groups in total. The maximum absolute atomic E-state index is 13.1. The van der Waals surface area contributed by atoms with Crippen molar-refractivity contribution in [1.82, 2.24) is 4.90 Å². The normalized spacial score (nSPS) is 21.7. The number of nitrogens with two attached hydrogens (primary N) is 1. The third-order valence-corrected chi connectivity index (χ3v) is 3.85. The minimum absolute atomic E-state index is 0.200. The van der Waals surface area contributed by atoms with Gasteiger partial charge >= 0.3 is 0 Å². The van der Waals surface area contributed by atoms with E-state index < -0.39 is 0 Å². The molecule has 1 saturated heterocycles. The summed E-state index contributed by atoms with van der Waals surface area (Å²) in [7, 11) is 0. The van der Waals surface area contributed by atoms with Crippen LogP contribution < -0.4 is 5.73 Å². The highest BCUT2D eigenvalue weighted by atomic mass is 79.9. The molecule has 0 aromatic heterocycles. The molecule has 94 valence electrons. The van der Waals surface area contributed by atoms with Crippen molar-refractivity contribution < 1.29 is 4.39 Å². The first-order chi connectivity index (χ1) is 8.15. The summed E-state index contributed by atoms with van der Waals surface area (Å²) >= 11 is 3.21. The van der Waals surface area contributed by atoms with Gasteiger partial charge in [-0.25, -0.2) is 4.39 Å². The Morgan fingerprint density at radius 1 is 1.47 bits per heavy atom. The smallest absolute Gasteiger partial charge is 0.137 e. The summed E-state index contributed by atoms with van der Waals surface area (Å²) in [4.78, 5) is 2.39. The van der Waals surface area contributed by atoms with Gasteiger partial charge in [0.2, 0.25) is 0 Å². The first kappa shape index (κ1) is 13.0. The monoisotopic (exact) mass is 300 g/mol. The van der Waals surface area contributed by atoms with Crippen molar-refractivity contribution in [3.63, 3.8) is 0 Å². The summed E-state index contributed by atoms with van der Waals surface area (Å²) in [6.45, 7) is 3.13. The molecule has 2 rings (SSSR count). The molecule has 0 saturated carbocycles. The number of likely N-dealkylation sites (tertiary alicyclic amines) is 1. The van der Waals surface area contributed by atoms with Gasteiger partial charge in [-0.3, -0.25) is 0 Å². The fraction of sp³-hybridized carbons (Fsp3) is 0.538. The zero-order valence-corrected chi connectivity index (χ0v) is 11.4. The molecule has 0 amide bonds. The molecule has 1 atom stereocenters. The maximum atomic E-state index is 13.1. The highest BCUT2D eigenvalue weighted by Crippen LogP contribution is 2.17. The second-order valence-electron chi connectivity index (χ2n) is 4.70. The number of halogens is 2. The Bertz CT molecular complexity index is 384. The van der Waals surface area contributed by atoms with E-state index in [0.717, 1.165) is 38.0 Å². The first-order valence-electron chi connectivity index (χ1n) is 6.07. The second-order valence-corrected chi connectivity index (χ2v) is 5.56. The number of hydrogen-bond acceptors (Lipinski definition) is 2. The molecule has 0 spiro atoms. The average molecular weight is 301 g/mol. The van der Waals surface area contributed by atoms with Gasteiger partial charge in [0.15, 0.2) is 0 Å². The summed E-state index contributed by atoms with van der Waals surface area (Å²) in [5, 5.41) is 0. The summed E-state index contributed by atoms with van der Waals surface area (Å²) in [5.41, 5.74) is 7.10. The zero-order chi connectivity index (χ0) is 12.3. The molecular weight excluding hydrogens is 283 g/mol. The second kappa shape index (κ2) is 5.94. The van der Waals surface area contributed by atoms with E-state index in [9.17, 15) is 4.39 Å². The molecule has 4 heteroatoms. The van der Waals surface area contributed by atoms with Crippen LogP contribution in [0.5, 0.6) is 0 Å². The summed E-state index contributed by atoms with van der Waals surface area (Å²) in [6, 6.07) is 5.55. The van der Waals surface area contributed by atoms with Crippen LogP contribution in [0.3, 0.4) is 0 Å². The number of nitrogens with zero attached hydrogens (tertiary/aromatic N) is 1. The molecule has 0 bridgehead atoms. The quantitative estimate of drug-likeness (QED) is 0.929. The van der Waals surface area contributed by atoms with E-state index >= 15 is 0 Å². The Morgan fingerprint density at radius 3 is 3.00 bits per heavy atom. The third-order valence-electron chi connectivity index (χ3n) is 3.24. The van der Waals surface area contributed by atoms with Crippen molar-refractivity contribution in [2.45, 2.75) is 25.3 Å². The van der Waals surface area contributed by atoms with Gasteiger partial charge in [0.1, 0.15) is 5.82 Å². The third kappa shape index (κ3) is 3.76. The largest absolute Gasteiger partial charge is 0.327 e. The van der Waals surface area contributed by atoms with Crippen LogP contribution in [0.1, 0.15) is 18.4 Å². The molecule has 1 heterocycles. The predicted octanol–water partition coefficient (Wildman–Crippen LogP) is 2.55. The van der Waals surface area contributed by atoms with Gasteiger partial charge in [-0.15, -0.1) is 0 Å². The van der Waals surface area contributed by atoms with Crippen molar-refractivity contribution in [3.05, 3.63) is 34.1 Å². The Kier molecular flexibility index (Phi) is 4.54. The van der Waals surface area contributed by atoms with E-state index in [1.165, 1.54) is 12.5 Å². The van der Waals surface area contributed by atoms with Crippen LogP contribution in [0.15, 0.2) is 22.7 Å². The fourth-order valence-corrected chi connectivity index (χ4v) is 2.70. The van der Waals surface area contributed by atoms with E-state index in [-0.39, 0.29) is 5.82 Å². The molecule has 0 aliphatic carbocycles. The van der Waals surface area contributed by atoms with Crippen molar-refractivity contribution in [1.29, 1.82) is 0 Å². The van der Waals surface area contributed by atoms with Crippen molar-refractivity contribution >= 4 is 15.9 Å².